The summed E-state index contributed by atoms with van der Waals surface area (Å²) in [5.41, 5.74) is 3.90. The van der Waals surface area contributed by atoms with E-state index in [1.165, 1.54) is 24.7 Å². The average Bonchev–Trinajstić information content (AvgIpc) is 2.90. The lowest BCUT2D eigenvalue weighted by molar-refractivity contribution is -0.112. The van der Waals surface area contributed by atoms with Crippen LogP contribution in [0.4, 0.5) is 5.00 Å². The van der Waals surface area contributed by atoms with Crippen molar-refractivity contribution in [2.24, 2.45) is 5.92 Å². The molecule has 1 aromatic heterocycles. The Labute approximate surface area is 174 Å². The van der Waals surface area contributed by atoms with Gasteiger partial charge >= 0.3 is 5.97 Å². The van der Waals surface area contributed by atoms with Crippen LogP contribution in [-0.4, -0.2) is 19.0 Å². The largest absolute Gasteiger partial charge is 0.465 e. The highest BCUT2D eigenvalue weighted by atomic mass is 32.1. The molecule has 0 saturated heterocycles. The van der Waals surface area contributed by atoms with Crippen molar-refractivity contribution in [3.63, 3.8) is 0 Å². The van der Waals surface area contributed by atoms with Crippen molar-refractivity contribution in [2.75, 3.05) is 12.4 Å². The van der Waals surface area contributed by atoms with Crippen molar-refractivity contribution in [1.29, 1.82) is 0 Å². The van der Waals surface area contributed by atoms with Gasteiger partial charge in [0.25, 0.3) is 5.91 Å². The third-order valence-corrected chi connectivity index (χ3v) is 6.48. The first-order chi connectivity index (χ1) is 14.0. The van der Waals surface area contributed by atoms with Gasteiger partial charge in [-0.3, -0.25) is 4.79 Å². The van der Waals surface area contributed by atoms with Gasteiger partial charge in [-0.15, -0.1) is 11.3 Å². The van der Waals surface area contributed by atoms with E-state index in [9.17, 15) is 9.59 Å². The van der Waals surface area contributed by atoms with Gasteiger partial charge in [0.05, 0.1) is 18.9 Å². The maximum Gasteiger partial charge on any atom is 0.341 e. The first kappa shape index (κ1) is 19.5. The van der Waals surface area contributed by atoms with Crippen molar-refractivity contribution in [2.45, 2.75) is 33.1 Å². The zero-order valence-corrected chi connectivity index (χ0v) is 17.5. The molecule has 0 bridgehead atoms. The summed E-state index contributed by atoms with van der Waals surface area (Å²) in [6.45, 7) is 4.20. The highest BCUT2D eigenvalue weighted by Crippen LogP contribution is 2.40. The summed E-state index contributed by atoms with van der Waals surface area (Å²) in [4.78, 5) is 26.6. The Balaban J connectivity index is 1.67. The molecule has 0 radical (unpaired) electrons. The number of thiophene rings is 1. The predicted octanol–water partition coefficient (Wildman–Crippen LogP) is 4.90. The molecule has 0 spiro atoms. The number of nitrogens with one attached hydrogen (secondary N) is 1. The summed E-state index contributed by atoms with van der Waals surface area (Å²) >= 11 is 1.48. The molecule has 2 aromatic rings. The minimum atomic E-state index is -0.401. The summed E-state index contributed by atoms with van der Waals surface area (Å²) in [5, 5.41) is 3.50. The highest BCUT2D eigenvalue weighted by Gasteiger charge is 2.29. The van der Waals surface area contributed by atoms with Gasteiger partial charge in [0, 0.05) is 16.0 Å². The van der Waals surface area contributed by atoms with Crippen LogP contribution in [0.3, 0.4) is 0 Å². The third kappa shape index (κ3) is 3.85. The standard InChI is InChI=1S/C23H23NO4S/c1-13-5-7-18-16(10-13)12-15(8-9-28-18)21(25)24-22-20(23(26)27-3)17-6-4-14(2)11-19(17)29-22/h5,7-10,12,14H,4,6,11H2,1-3H3,(H,24,25)/t14-/m0/s1. The molecular formula is C23H23NO4S. The third-order valence-electron chi connectivity index (χ3n) is 5.31. The van der Waals surface area contributed by atoms with Gasteiger partial charge in [-0.1, -0.05) is 18.6 Å². The molecule has 29 heavy (non-hydrogen) atoms. The molecule has 1 atom stereocenters. The molecule has 4 rings (SSSR count). The molecule has 1 N–H and O–H groups in total. The van der Waals surface area contributed by atoms with Crippen LogP contribution in [0.2, 0.25) is 0 Å². The van der Waals surface area contributed by atoms with Gasteiger partial charge in [0.1, 0.15) is 10.8 Å². The van der Waals surface area contributed by atoms with Crippen LogP contribution in [0.25, 0.3) is 6.08 Å². The summed E-state index contributed by atoms with van der Waals surface area (Å²) in [6.07, 6.45) is 7.73. The lowest BCUT2D eigenvalue weighted by Gasteiger charge is -2.18. The van der Waals surface area contributed by atoms with E-state index in [-0.39, 0.29) is 5.91 Å². The summed E-state index contributed by atoms with van der Waals surface area (Å²) in [7, 11) is 1.37. The van der Waals surface area contributed by atoms with E-state index in [2.05, 4.69) is 12.2 Å². The van der Waals surface area contributed by atoms with Crippen molar-refractivity contribution in [3.8, 4) is 5.75 Å². The van der Waals surface area contributed by atoms with Gasteiger partial charge in [-0.2, -0.15) is 0 Å². The Morgan fingerprint density at radius 1 is 1.31 bits per heavy atom. The Hall–Kier alpha value is -2.86. The Bertz CT molecular complexity index is 1050. The smallest absolute Gasteiger partial charge is 0.341 e. The number of fused-ring (bicyclic) bond motifs is 2. The van der Waals surface area contributed by atoms with Crippen LogP contribution < -0.4 is 10.1 Å². The monoisotopic (exact) mass is 409 g/mol. The second-order valence-electron chi connectivity index (χ2n) is 7.56. The van der Waals surface area contributed by atoms with Crippen LogP contribution in [0.1, 0.15) is 45.3 Å². The van der Waals surface area contributed by atoms with Crippen molar-refractivity contribution in [3.05, 3.63) is 63.2 Å². The SMILES string of the molecule is COC(=O)c1c(NC(=O)C2=Cc3cc(C)ccc3OC=C2)sc2c1CC[C@H](C)C2. The number of methoxy groups -OCH3 is 1. The number of esters is 1. The fraction of sp³-hybridized carbons (Fsp3) is 0.304. The number of aryl methyl sites for hydroxylation is 1. The number of carbonyl (C=O) groups excluding carboxylic acids is 2. The van der Waals surface area contributed by atoms with E-state index in [1.807, 2.05) is 25.1 Å². The molecule has 6 heteroatoms. The number of benzene rings is 1. The molecule has 1 aliphatic heterocycles. The molecule has 0 fully saturated rings. The van der Waals surface area contributed by atoms with Gasteiger partial charge in [-0.25, -0.2) is 4.79 Å². The Morgan fingerprint density at radius 3 is 2.93 bits per heavy atom. The van der Waals surface area contributed by atoms with E-state index >= 15 is 0 Å². The van der Waals surface area contributed by atoms with Gasteiger partial charge < -0.3 is 14.8 Å². The lowest BCUT2D eigenvalue weighted by atomic mass is 9.88. The minimum Gasteiger partial charge on any atom is -0.465 e. The zero-order valence-electron chi connectivity index (χ0n) is 16.7. The van der Waals surface area contributed by atoms with Crippen LogP contribution in [0.5, 0.6) is 5.75 Å². The second kappa shape index (κ2) is 7.87. The molecule has 0 saturated carbocycles. The molecule has 1 aliphatic carbocycles. The Morgan fingerprint density at radius 2 is 2.14 bits per heavy atom. The highest BCUT2D eigenvalue weighted by molar-refractivity contribution is 7.17. The normalized spacial score (nSPS) is 17.3. The molecule has 1 amide bonds. The van der Waals surface area contributed by atoms with Crippen LogP contribution in [-0.2, 0) is 22.4 Å². The van der Waals surface area contributed by atoms with E-state index in [0.29, 0.717) is 27.8 Å². The molecule has 150 valence electrons. The fourth-order valence-electron chi connectivity index (χ4n) is 3.76. The summed E-state index contributed by atoms with van der Waals surface area (Å²) in [5.74, 6) is 0.586. The number of carbonyl (C=O) groups is 2. The topological polar surface area (TPSA) is 64.6 Å². The lowest BCUT2D eigenvalue weighted by Crippen LogP contribution is -2.16. The van der Waals surface area contributed by atoms with Crippen LogP contribution in [0, 0.1) is 12.8 Å². The van der Waals surface area contributed by atoms with Crippen LogP contribution in [0.15, 0.2) is 36.1 Å². The number of ether oxygens (including phenoxy) is 2. The maximum atomic E-state index is 13.0. The summed E-state index contributed by atoms with van der Waals surface area (Å²) < 4.78 is 10.6. The quantitative estimate of drug-likeness (QED) is 0.733. The van der Waals surface area contributed by atoms with E-state index in [0.717, 1.165) is 40.8 Å². The minimum absolute atomic E-state index is 0.281. The van der Waals surface area contributed by atoms with Gasteiger partial charge in [-0.05, 0) is 62.0 Å². The second-order valence-corrected chi connectivity index (χ2v) is 8.67. The first-order valence-electron chi connectivity index (χ1n) is 9.66. The van der Waals surface area contributed by atoms with Crippen molar-refractivity contribution < 1.29 is 19.1 Å². The number of rotatable bonds is 3. The molecular weight excluding hydrogens is 386 g/mol. The van der Waals surface area contributed by atoms with Crippen molar-refractivity contribution >= 4 is 34.3 Å². The number of hydrogen-bond acceptors (Lipinski definition) is 5. The van der Waals surface area contributed by atoms with Gasteiger partial charge in [0.2, 0.25) is 0 Å². The molecule has 5 nitrogen and oxygen atoms in total. The Kier molecular flexibility index (Phi) is 5.28. The first-order valence-corrected chi connectivity index (χ1v) is 10.5. The number of amides is 1. The molecule has 2 aliphatic rings. The zero-order chi connectivity index (χ0) is 20.5. The number of hydrogen-bond donors (Lipinski definition) is 1. The predicted molar refractivity (Wildman–Crippen MR) is 114 cm³/mol. The molecule has 2 heterocycles. The number of anilines is 1. The van der Waals surface area contributed by atoms with E-state index < -0.39 is 5.97 Å². The maximum absolute atomic E-state index is 13.0. The van der Waals surface area contributed by atoms with Gasteiger partial charge in [0.15, 0.2) is 0 Å². The van der Waals surface area contributed by atoms with E-state index in [4.69, 9.17) is 9.47 Å². The fourth-order valence-corrected chi connectivity index (χ4v) is 5.15. The average molecular weight is 410 g/mol. The summed E-state index contributed by atoms with van der Waals surface area (Å²) in [6, 6.07) is 5.82. The van der Waals surface area contributed by atoms with Crippen molar-refractivity contribution in [1.82, 2.24) is 0 Å². The molecule has 0 unspecified atom stereocenters. The van der Waals surface area contributed by atoms with E-state index in [1.54, 1.807) is 12.2 Å². The van der Waals surface area contributed by atoms with Crippen LogP contribution >= 0.6 is 11.3 Å². The molecule has 1 aromatic carbocycles.